The lowest BCUT2D eigenvalue weighted by Gasteiger charge is -2.14. The Labute approximate surface area is 153 Å². The van der Waals surface area contributed by atoms with Crippen molar-refractivity contribution in [1.82, 2.24) is 5.32 Å². The Morgan fingerprint density at radius 2 is 1.96 bits per heavy atom. The standard InChI is InChI=1S/C17H13Cl2N3OS/c1-9-6-7-11(18)15(14(9)19)21-12-5-3-2-4-10(12)8-13-16(23)22-17(20)24-13/h2-8,21H,1H3,(H2,20,22,23)/b13-8-. The van der Waals surface area contributed by atoms with E-state index in [9.17, 15) is 4.79 Å². The largest absolute Gasteiger partial charge is 0.353 e. The van der Waals surface area contributed by atoms with Crippen molar-refractivity contribution in [2.75, 3.05) is 5.32 Å². The molecule has 7 heteroatoms. The van der Waals surface area contributed by atoms with Gasteiger partial charge >= 0.3 is 0 Å². The van der Waals surface area contributed by atoms with Gasteiger partial charge < -0.3 is 10.6 Å². The molecule has 0 radical (unpaired) electrons. The fraction of sp³-hybridized carbons (Fsp3) is 0.0588. The van der Waals surface area contributed by atoms with Crippen LogP contribution in [0.25, 0.3) is 6.08 Å². The summed E-state index contributed by atoms with van der Waals surface area (Å²) in [6, 6.07) is 11.2. The van der Waals surface area contributed by atoms with Gasteiger partial charge in [-0.1, -0.05) is 47.5 Å². The summed E-state index contributed by atoms with van der Waals surface area (Å²) in [7, 11) is 0. The molecule has 0 saturated carbocycles. The van der Waals surface area contributed by atoms with Crippen molar-refractivity contribution in [2.45, 2.75) is 6.92 Å². The van der Waals surface area contributed by atoms with Crippen LogP contribution in [0.2, 0.25) is 10.0 Å². The zero-order valence-corrected chi connectivity index (χ0v) is 14.9. The van der Waals surface area contributed by atoms with E-state index in [0.717, 1.165) is 28.6 Å². The first-order valence-electron chi connectivity index (χ1n) is 7.06. The van der Waals surface area contributed by atoms with E-state index >= 15 is 0 Å². The van der Waals surface area contributed by atoms with E-state index in [-0.39, 0.29) is 11.1 Å². The maximum absolute atomic E-state index is 11.8. The fourth-order valence-electron chi connectivity index (χ4n) is 2.23. The Hall–Kier alpha value is -1.95. The lowest BCUT2D eigenvalue weighted by Crippen LogP contribution is -2.18. The average Bonchev–Trinajstić information content (AvgIpc) is 2.87. The number of halogens is 2. The number of anilines is 2. The molecule has 4 nitrogen and oxygen atoms in total. The first kappa shape index (κ1) is 16.9. The van der Waals surface area contributed by atoms with Crippen molar-refractivity contribution in [1.29, 1.82) is 5.41 Å². The minimum Gasteiger partial charge on any atom is -0.353 e. The maximum atomic E-state index is 11.8. The SMILES string of the molecule is Cc1ccc(Cl)c(Nc2ccccc2/C=C2\SC(=N)NC2=O)c1Cl. The van der Waals surface area contributed by atoms with Gasteiger partial charge in [-0.2, -0.15) is 0 Å². The zero-order chi connectivity index (χ0) is 17.3. The van der Waals surface area contributed by atoms with Crippen LogP contribution >= 0.6 is 35.0 Å². The Bertz CT molecular complexity index is 880. The predicted octanol–water partition coefficient (Wildman–Crippen LogP) is 5.18. The number of para-hydroxylation sites is 1. The van der Waals surface area contributed by atoms with Gasteiger partial charge in [0.1, 0.15) is 0 Å². The molecule has 0 unspecified atom stereocenters. The van der Waals surface area contributed by atoms with Crippen LogP contribution in [0.4, 0.5) is 11.4 Å². The minimum atomic E-state index is -0.272. The Balaban J connectivity index is 2.00. The number of hydrogen-bond donors (Lipinski definition) is 3. The molecule has 3 N–H and O–H groups in total. The molecule has 1 amide bonds. The highest BCUT2D eigenvalue weighted by molar-refractivity contribution is 8.18. The number of carbonyl (C=O) groups is 1. The van der Waals surface area contributed by atoms with Gasteiger partial charge in [-0.05, 0) is 48.0 Å². The summed E-state index contributed by atoms with van der Waals surface area (Å²) in [6.07, 6.45) is 1.74. The third-order valence-electron chi connectivity index (χ3n) is 3.45. The summed E-state index contributed by atoms with van der Waals surface area (Å²) in [5.74, 6) is -0.272. The summed E-state index contributed by atoms with van der Waals surface area (Å²) in [5.41, 5.74) is 3.11. The van der Waals surface area contributed by atoms with Crippen molar-refractivity contribution in [3.8, 4) is 0 Å². The molecule has 1 aliphatic rings. The molecule has 2 aromatic rings. The first-order chi connectivity index (χ1) is 11.5. The summed E-state index contributed by atoms with van der Waals surface area (Å²) in [5, 5.41) is 14.4. The van der Waals surface area contributed by atoms with E-state index in [1.165, 1.54) is 0 Å². The third kappa shape index (κ3) is 3.43. The van der Waals surface area contributed by atoms with E-state index in [0.29, 0.717) is 20.6 Å². The van der Waals surface area contributed by atoms with Crippen LogP contribution in [0.3, 0.4) is 0 Å². The van der Waals surface area contributed by atoms with Crippen LogP contribution in [0.5, 0.6) is 0 Å². The molecular formula is C17H13Cl2N3OS. The van der Waals surface area contributed by atoms with Gasteiger partial charge in [0.2, 0.25) is 0 Å². The van der Waals surface area contributed by atoms with Crippen LogP contribution < -0.4 is 10.6 Å². The third-order valence-corrected chi connectivity index (χ3v) is 5.09. The Kier molecular flexibility index (Phi) is 4.85. The number of nitrogens with one attached hydrogen (secondary N) is 3. The molecule has 3 rings (SSSR count). The van der Waals surface area contributed by atoms with Gasteiger partial charge in [0.25, 0.3) is 5.91 Å². The quantitative estimate of drug-likeness (QED) is 0.645. The summed E-state index contributed by atoms with van der Waals surface area (Å²) >= 11 is 13.7. The van der Waals surface area contributed by atoms with Crippen molar-refractivity contribution >= 4 is 63.5 Å². The molecule has 2 aromatic carbocycles. The second-order valence-electron chi connectivity index (χ2n) is 5.16. The highest BCUT2D eigenvalue weighted by Gasteiger charge is 2.22. The van der Waals surface area contributed by atoms with E-state index in [1.54, 1.807) is 12.1 Å². The molecule has 24 heavy (non-hydrogen) atoms. The molecule has 0 aromatic heterocycles. The summed E-state index contributed by atoms with van der Waals surface area (Å²) in [6.45, 7) is 1.91. The number of aryl methyl sites for hydroxylation is 1. The van der Waals surface area contributed by atoms with Crippen LogP contribution in [-0.4, -0.2) is 11.1 Å². The molecule has 122 valence electrons. The van der Waals surface area contributed by atoms with Crippen molar-refractivity contribution < 1.29 is 4.79 Å². The van der Waals surface area contributed by atoms with Crippen LogP contribution in [0.15, 0.2) is 41.3 Å². The van der Waals surface area contributed by atoms with Crippen molar-refractivity contribution in [2.24, 2.45) is 0 Å². The number of amides is 1. The van der Waals surface area contributed by atoms with E-state index < -0.39 is 0 Å². The van der Waals surface area contributed by atoms with Gasteiger partial charge in [-0.15, -0.1) is 0 Å². The maximum Gasteiger partial charge on any atom is 0.264 e. The molecule has 1 saturated heterocycles. The van der Waals surface area contributed by atoms with Crippen molar-refractivity contribution in [3.05, 3.63) is 62.5 Å². The molecule has 1 heterocycles. The lowest BCUT2D eigenvalue weighted by atomic mass is 10.1. The average molecular weight is 378 g/mol. The smallest absolute Gasteiger partial charge is 0.264 e. The molecule has 0 bridgehead atoms. The second kappa shape index (κ2) is 6.89. The van der Waals surface area contributed by atoms with Gasteiger partial charge in [0.05, 0.1) is 20.6 Å². The normalized spacial score (nSPS) is 15.7. The fourth-order valence-corrected chi connectivity index (χ4v) is 3.38. The molecule has 0 aliphatic carbocycles. The number of benzene rings is 2. The first-order valence-corrected chi connectivity index (χ1v) is 8.63. The summed E-state index contributed by atoms with van der Waals surface area (Å²) < 4.78 is 0. The molecule has 1 fully saturated rings. The van der Waals surface area contributed by atoms with Crippen molar-refractivity contribution in [3.63, 3.8) is 0 Å². The summed E-state index contributed by atoms with van der Waals surface area (Å²) in [4.78, 5) is 12.3. The Morgan fingerprint density at radius 3 is 2.67 bits per heavy atom. The highest BCUT2D eigenvalue weighted by atomic mass is 35.5. The Morgan fingerprint density at radius 1 is 1.21 bits per heavy atom. The van der Waals surface area contributed by atoms with Crippen LogP contribution in [-0.2, 0) is 4.79 Å². The number of carbonyl (C=O) groups excluding carboxylic acids is 1. The number of amidine groups is 1. The predicted molar refractivity (Wildman–Crippen MR) is 102 cm³/mol. The topological polar surface area (TPSA) is 65.0 Å². The molecule has 1 aliphatic heterocycles. The van der Waals surface area contributed by atoms with Crippen LogP contribution in [0.1, 0.15) is 11.1 Å². The van der Waals surface area contributed by atoms with Gasteiger partial charge in [0, 0.05) is 5.69 Å². The zero-order valence-electron chi connectivity index (χ0n) is 12.6. The molecule has 0 spiro atoms. The van der Waals surface area contributed by atoms with Gasteiger partial charge in [-0.25, -0.2) is 0 Å². The van der Waals surface area contributed by atoms with Gasteiger partial charge in [-0.3, -0.25) is 10.2 Å². The van der Waals surface area contributed by atoms with Gasteiger partial charge in [0.15, 0.2) is 5.17 Å². The highest BCUT2D eigenvalue weighted by Crippen LogP contribution is 2.36. The van der Waals surface area contributed by atoms with E-state index in [1.807, 2.05) is 37.3 Å². The number of thioether (sulfide) groups is 1. The van der Waals surface area contributed by atoms with E-state index in [2.05, 4.69) is 10.6 Å². The lowest BCUT2D eigenvalue weighted by molar-refractivity contribution is -0.115. The number of hydrogen-bond acceptors (Lipinski definition) is 4. The van der Waals surface area contributed by atoms with Crippen LogP contribution in [0, 0.1) is 12.3 Å². The molecular weight excluding hydrogens is 365 g/mol. The molecule has 0 atom stereocenters. The van der Waals surface area contributed by atoms with E-state index in [4.69, 9.17) is 28.6 Å². The minimum absolute atomic E-state index is 0.126. The number of rotatable bonds is 3. The second-order valence-corrected chi connectivity index (χ2v) is 7.00. The monoisotopic (exact) mass is 377 g/mol.